The van der Waals surface area contributed by atoms with Gasteiger partial charge in [-0.1, -0.05) is 27.2 Å². The number of nitrogens with one attached hydrogen (secondary N) is 1. The molecule has 0 aromatic heterocycles. The van der Waals surface area contributed by atoms with Gasteiger partial charge in [-0.2, -0.15) is 0 Å². The van der Waals surface area contributed by atoms with Crippen molar-refractivity contribution in [2.45, 2.75) is 40.0 Å². The smallest absolute Gasteiger partial charge is 0.0260 e. The van der Waals surface area contributed by atoms with Crippen molar-refractivity contribution in [3.63, 3.8) is 0 Å². The van der Waals surface area contributed by atoms with Gasteiger partial charge in [-0.05, 0) is 31.8 Å². The Hall–Kier alpha value is 0.110. The molecule has 0 bridgehead atoms. The monoisotopic (exact) mass is 219 g/mol. The molecule has 1 N–H and O–H groups in total. The third-order valence-corrected chi connectivity index (χ3v) is 4.00. The van der Waals surface area contributed by atoms with E-state index in [1.165, 1.54) is 6.42 Å². The Labute approximate surface area is 91.3 Å². The summed E-state index contributed by atoms with van der Waals surface area (Å²) in [5, 5.41) is 3.32. The molecular formula is C11H25NOS. The van der Waals surface area contributed by atoms with Crippen molar-refractivity contribution < 1.29 is 4.21 Å². The summed E-state index contributed by atoms with van der Waals surface area (Å²) < 4.78 is 11.5. The third-order valence-electron chi connectivity index (χ3n) is 2.32. The van der Waals surface area contributed by atoms with Crippen molar-refractivity contribution in [1.82, 2.24) is 5.32 Å². The van der Waals surface area contributed by atoms with E-state index >= 15 is 0 Å². The molecule has 14 heavy (non-hydrogen) atoms. The summed E-state index contributed by atoms with van der Waals surface area (Å²) in [5.74, 6) is 2.35. The predicted octanol–water partition coefficient (Wildman–Crippen LogP) is 2.17. The Morgan fingerprint density at radius 2 is 2.00 bits per heavy atom. The van der Waals surface area contributed by atoms with Crippen LogP contribution >= 0.6 is 0 Å². The summed E-state index contributed by atoms with van der Waals surface area (Å²) in [7, 11) is -0.595. The summed E-state index contributed by atoms with van der Waals surface area (Å²) in [6.45, 7) is 8.59. The topological polar surface area (TPSA) is 29.1 Å². The van der Waals surface area contributed by atoms with Gasteiger partial charge in [0, 0.05) is 22.3 Å². The maximum atomic E-state index is 11.5. The zero-order chi connectivity index (χ0) is 10.8. The van der Waals surface area contributed by atoms with Gasteiger partial charge in [-0.15, -0.1) is 0 Å². The zero-order valence-electron chi connectivity index (χ0n) is 9.84. The second-order valence-electron chi connectivity index (χ2n) is 3.93. The minimum atomic E-state index is -0.595. The lowest BCUT2D eigenvalue weighted by atomic mass is 10.2. The first kappa shape index (κ1) is 14.1. The van der Waals surface area contributed by atoms with Crippen LogP contribution in [0.1, 0.15) is 40.0 Å². The van der Waals surface area contributed by atoms with Gasteiger partial charge in [0.25, 0.3) is 0 Å². The highest BCUT2D eigenvalue weighted by Crippen LogP contribution is 2.03. The first-order chi connectivity index (χ1) is 6.70. The van der Waals surface area contributed by atoms with E-state index in [4.69, 9.17) is 0 Å². The van der Waals surface area contributed by atoms with Gasteiger partial charge >= 0.3 is 0 Å². The van der Waals surface area contributed by atoms with Crippen molar-refractivity contribution in [3.8, 4) is 0 Å². The normalized spacial score (nSPS) is 15.4. The second kappa shape index (κ2) is 9.66. The van der Waals surface area contributed by atoms with Gasteiger partial charge in [0.2, 0.25) is 0 Å². The lowest BCUT2D eigenvalue weighted by molar-refractivity contribution is 0.611. The van der Waals surface area contributed by atoms with Crippen molar-refractivity contribution in [2.24, 2.45) is 5.92 Å². The fourth-order valence-electron chi connectivity index (χ4n) is 1.18. The van der Waals surface area contributed by atoms with Crippen molar-refractivity contribution in [3.05, 3.63) is 0 Å². The summed E-state index contributed by atoms with van der Waals surface area (Å²) >= 11 is 0. The van der Waals surface area contributed by atoms with Gasteiger partial charge in [0.15, 0.2) is 0 Å². The van der Waals surface area contributed by atoms with E-state index in [9.17, 15) is 4.21 Å². The maximum Gasteiger partial charge on any atom is 0.0260 e. The molecule has 0 heterocycles. The Morgan fingerprint density at radius 3 is 2.57 bits per heavy atom. The molecule has 0 radical (unpaired) electrons. The van der Waals surface area contributed by atoms with E-state index in [2.05, 4.69) is 26.1 Å². The molecule has 0 aliphatic carbocycles. The molecule has 0 saturated carbocycles. The third kappa shape index (κ3) is 8.70. The lowest BCUT2D eigenvalue weighted by Crippen LogP contribution is -2.19. The zero-order valence-corrected chi connectivity index (χ0v) is 10.7. The fourth-order valence-corrected chi connectivity index (χ4v) is 2.68. The molecule has 0 spiro atoms. The summed E-state index contributed by atoms with van der Waals surface area (Å²) in [5.41, 5.74) is 0. The molecule has 0 aliphatic rings. The molecule has 0 fully saturated rings. The van der Waals surface area contributed by atoms with E-state index in [-0.39, 0.29) is 0 Å². The highest BCUT2D eigenvalue weighted by atomic mass is 32.2. The Bertz CT molecular complexity index is 150. The number of hydrogen-bond acceptors (Lipinski definition) is 2. The predicted molar refractivity (Wildman–Crippen MR) is 65.1 cm³/mol. The van der Waals surface area contributed by atoms with E-state index in [1.807, 2.05) is 0 Å². The van der Waals surface area contributed by atoms with Crippen molar-refractivity contribution in [2.75, 3.05) is 24.6 Å². The first-order valence-electron chi connectivity index (χ1n) is 5.76. The molecule has 86 valence electrons. The molecule has 3 heteroatoms. The molecule has 2 nitrogen and oxygen atoms in total. The highest BCUT2D eigenvalue weighted by molar-refractivity contribution is 7.84. The van der Waals surface area contributed by atoms with Crippen LogP contribution in [0, 0.1) is 5.92 Å². The van der Waals surface area contributed by atoms with Gasteiger partial charge in [0.05, 0.1) is 0 Å². The first-order valence-corrected chi connectivity index (χ1v) is 7.25. The molecule has 0 amide bonds. The minimum Gasteiger partial charge on any atom is -0.317 e. The van der Waals surface area contributed by atoms with Gasteiger partial charge in [-0.3, -0.25) is 4.21 Å². The van der Waals surface area contributed by atoms with Gasteiger partial charge in [-0.25, -0.2) is 0 Å². The summed E-state index contributed by atoms with van der Waals surface area (Å²) in [4.78, 5) is 0. The lowest BCUT2D eigenvalue weighted by Gasteiger charge is -2.08. The molecule has 0 saturated heterocycles. The largest absolute Gasteiger partial charge is 0.317 e. The van der Waals surface area contributed by atoms with Crippen LogP contribution in [-0.4, -0.2) is 28.8 Å². The van der Waals surface area contributed by atoms with Crippen LogP contribution in [0.4, 0.5) is 0 Å². The van der Waals surface area contributed by atoms with Crippen molar-refractivity contribution >= 4 is 10.8 Å². The molecule has 0 aromatic carbocycles. The maximum absolute atomic E-state index is 11.5. The molecule has 0 rings (SSSR count). The van der Waals surface area contributed by atoms with Gasteiger partial charge < -0.3 is 5.32 Å². The number of rotatable bonds is 9. The van der Waals surface area contributed by atoms with Crippen LogP contribution in [-0.2, 0) is 10.8 Å². The number of hydrogen-bond donors (Lipinski definition) is 1. The van der Waals surface area contributed by atoms with Crippen LogP contribution in [0.25, 0.3) is 0 Å². The van der Waals surface area contributed by atoms with E-state index < -0.39 is 10.8 Å². The average Bonchev–Trinajstić information content (AvgIpc) is 2.17. The van der Waals surface area contributed by atoms with Gasteiger partial charge in [0.1, 0.15) is 0 Å². The van der Waals surface area contributed by atoms with Crippen LogP contribution in [0.15, 0.2) is 0 Å². The Kier molecular flexibility index (Phi) is 9.73. The molecule has 2 atom stereocenters. The second-order valence-corrected chi connectivity index (χ2v) is 5.55. The molecular weight excluding hydrogens is 194 g/mol. The SMILES string of the molecule is CCCNCCCS(=O)CC(C)CC. The summed E-state index contributed by atoms with van der Waals surface area (Å²) in [6.07, 6.45) is 3.36. The van der Waals surface area contributed by atoms with E-state index in [0.717, 1.165) is 37.4 Å². The van der Waals surface area contributed by atoms with E-state index in [0.29, 0.717) is 5.92 Å². The quantitative estimate of drug-likeness (QED) is 0.602. The van der Waals surface area contributed by atoms with Crippen LogP contribution in [0.3, 0.4) is 0 Å². The molecule has 2 unspecified atom stereocenters. The highest BCUT2D eigenvalue weighted by Gasteiger charge is 2.04. The standard InChI is InChI=1S/C11H25NOS/c1-4-7-12-8-6-9-14(13)10-11(3)5-2/h11-12H,4-10H2,1-3H3. The molecule has 0 aliphatic heterocycles. The fraction of sp³-hybridized carbons (Fsp3) is 1.00. The minimum absolute atomic E-state index is 0.595. The Morgan fingerprint density at radius 1 is 1.29 bits per heavy atom. The van der Waals surface area contributed by atoms with Crippen LogP contribution in [0.5, 0.6) is 0 Å². The van der Waals surface area contributed by atoms with Crippen LogP contribution < -0.4 is 5.32 Å². The van der Waals surface area contributed by atoms with Crippen LogP contribution in [0.2, 0.25) is 0 Å². The molecule has 0 aromatic rings. The Balaban J connectivity index is 3.27. The van der Waals surface area contributed by atoms with E-state index in [1.54, 1.807) is 0 Å². The average molecular weight is 219 g/mol. The van der Waals surface area contributed by atoms with Crippen molar-refractivity contribution in [1.29, 1.82) is 0 Å². The summed E-state index contributed by atoms with van der Waals surface area (Å²) in [6, 6.07) is 0.